The summed E-state index contributed by atoms with van der Waals surface area (Å²) in [6.45, 7) is 4.70. The number of fused-ring (bicyclic) bond motifs is 1. The van der Waals surface area contributed by atoms with Crippen LogP contribution in [0.5, 0.6) is 0 Å². The molecule has 0 saturated heterocycles. The van der Waals surface area contributed by atoms with Gasteiger partial charge in [0, 0.05) is 6.54 Å². The lowest BCUT2D eigenvalue weighted by Crippen LogP contribution is -2.12. The molecule has 18 heavy (non-hydrogen) atoms. The van der Waals surface area contributed by atoms with Gasteiger partial charge in [-0.3, -0.25) is 0 Å². The summed E-state index contributed by atoms with van der Waals surface area (Å²) in [4.78, 5) is 4.07. The number of hydrogen-bond donors (Lipinski definition) is 1. The molecule has 1 heterocycles. The van der Waals surface area contributed by atoms with Crippen molar-refractivity contribution in [3.63, 3.8) is 0 Å². The molecule has 2 N–H and O–H groups in total. The number of nitrogens with two attached hydrogens (primary N) is 1. The van der Waals surface area contributed by atoms with E-state index in [0.29, 0.717) is 18.0 Å². The largest absolute Gasteiger partial charge is 0.369 e. The second kappa shape index (κ2) is 4.92. The summed E-state index contributed by atoms with van der Waals surface area (Å²) in [5, 5.41) is 0. The van der Waals surface area contributed by atoms with Gasteiger partial charge < -0.3 is 10.3 Å². The molecule has 1 aromatic heterocycles. The minimum Gasteiger partial charge on any atom is -0.369 e. The van der Waals surface area contributed by atoms with E-state index in [1.807, 2.05) is 0 Å². The molecule has 98 valence electrons. The van der Waals surface area contributed by atoms with Crippen molar-refractivity contribution in [1.29, 1.82) is 0 Å². The van der Waals surface area contributed by atoms with Crippen LogP contribution in [0.25, 0.3) is 11.0 Å². The van der Waals surface area contributed by atoms with Crippen LogP contribution in [0.2, 0.25) is 0 Å². The fraction of sp³-hybridized carbons (Fsp3) is 0.462. The van der Waals surface area contributed by atoms with E-state index in [9.17, 15) is 8.78 Å². The molecule has 3 nitrogen and oxygen atoms in total. The summed E-state index contributed by atoms with van der Waals surface area (Å²) in [5.74, 6) is -1.12. The van der Waals surface area contributed by atoms with Gasteiger partial charge in [-0.05, 0) is 18.1 Å². The quantitative estimate of drug-likeness (QED) is 0.908. The van der Waals surface area contributed by atoms with Gasteiger partial charge in [-0.1, -0.05) is 26.7 Å². The maximum atomic E-state index is 13.8. The lowest BCUT2D eigenvalue weighted by Gasteiger charge is -2.15. The van der Waals surface area contributed by atoms with E-state index in [0.717, 1.165) is 18.9 Å². The van der Waals surface area contributed by atoms with E-state index in [1.165, 1.54) is 6.07 Å². The number of nitrogens with zero attached hydrogens (tertiary/aromatic N) is 2. The zero-order valence-electron chi connectivity index (χ0n) is 10.6. The normalized spacial score (nSPS) is 11.6. The van der Waals surface area contributed by atoms with Gasteiger partial charge in [-0.25, -0.2) is 13.8 Å². The van der Waals surface area contributed by atoms with E-state index in [2.05, 4.69) is 18.8 Å². The smallest absolute Gasteiger partial charge is 0.201 e. The Morgan fingerprint density at radius 2 is 1.94 bits per heavy atom. The van der Waals surface area contributed by atoms with Crippen molar-refractivity contribution in [3.05, 3.63) is 23.8 Å². The molecule has 0 bridgehead atoms. The number of hydrogen-bond acceptors (Lipinski definition) is 2. The molecule has 0 unspecified atom stereocenters. The van der Waals surface area contributed by atoms with Crippen LogP contribution in [-0.2, 0) is 6.54 Å². The minimum atomic E-state index is -0.873. The van der Waals surface area contributed by atoms with E-state index in [-0.39, 0.29) is 11.5 Å². The van der Waals surface area contributed by atoms with Crippen LogP contribution in [0, 0.1) is 17.6 Å². The van der Waals surface area contributed by atoms with Crippen LogP contribution in [0.4, 0.5) is 14.7 Å². The number of aromatic nitrogens is 2. The predicted molar refractivity (Wildman–Crippen MR) is 68.1 cm³/mol. The molecule has 2 aromatic rings. The first kappa shape index (κ1) is 12.8. The third-order valence-electron chi connectivity index (χ3n) is 3.42. The fourth-order valence-corrected chi connectivity index (χ4v) is 2.16. The molecule has 0 fully saturated rings. The molecule has 0 spiro atoms. The van der Waals surface area contributed by atoms with Gasteiger partial charge >= 0.3 is 0 Å². The fourth-order valence-electron chi connectivity index (χ4n) is 2.16. The molecule has 0 amide bonds. The number of anilines is 1. The average molecular weight is 253 g/mol. The topological polar surface area (TPSA) is 43.8 Å². The molecule has 0 saturated carbocycles. The highest BCUT2D eigenvalue weighted by atomic mass is 19.2. The Hall–Kier alpha value is -1.65. The third-order valence-corrected chi connectivity index (χ3v) is 3.42. The molecule has 0 aliphatic rings. The van der Waals surface area contributed by atoms with Crippen molar-refractivity contribution in [2.45, 2.75) is 33.2 Å². The second-order valence-electron chi connectivity index (χ2n) is 4.49. The highest BCUT2D eigenvalue weighted by Gasteiger charge is 2.17. The van der Waals surface area contributed by atoms with Crippen LogP contribution in [0.1, 0.15) is 26.7 Å². The highest BCUT2D eigenvalue weighted by Crippen LogP contribution is 2.25. The number of imidazole rings is 1. The summed E-state index contributed by atoms with van der Waals surface area (Å²) in [7, 11) is 0. The number of halogens is 2. The van der Waals surface area contributed by atoms with Crippen molar-refractivity contribution in [2.24, 2.45) is 5.92 Å². The first-order valence-corrected chi connectivity index (χ1v) is 6.18. The lowest BCUT2D eigenvalue weighted by molar-refractivity contribution is 0.423. The van der Waals surface area contributed by atoms with E-state index >= 15 is 0 Å². The zero-order chi connectivity index (χ0) is 13.3. The van der Waals surface area contributed by atoms with Crippen molar-refractivity contribution in [3.8, 4) is 0 Å². The molecular weight excluding hydrogens is 236 g/mol. The van der Waals surface area contributed by atoms with Gasteiger partial charge in [0.15, 0.2) is 11.6 Å². The van der Waals surface area contributed by atoms with E-state index in [4.69, 9.17) is 5.73 Å². The first-order chi connectivity index (χ1) is 8.58. The maximum Gasteiger partial charge on any atom is 0.201 e. The van der Waals surface area contributed by atoms with Crippen LogP contribution in [0.3, 0.4) is 0 Å². The molecule has 0 aliphatic carbocycles. The third kappa shape index (κ3) is 2.05. The van der Waals surface area contributed by atoms with Gasteiger partial charge in [-0.15, -0.1) is 0 Å². The summed E-state index contributed by atoms with van der Waals surface area (Å²) < 4.78 is 28.7. The second-order valence-corrected chi connectivity index (χ2v) is 4.49. The average Bonchev–Trinajstić information content (AvgIpc) is 2.68. The van der Waals surface area contributed by atoms with Crippen molar-refractivity contribution in [1.82, 2.24) is 9.55 Å². The molecular formula is C13H17F2N3. The zero-order valence-corrected chi connectivity index (χ0v) is 10.6. The van der Waals surface area contributed by atoms with Crippen molar-refractivity contribution >= 4 is 17.0 Å². The van der Waals surface area contributed by atoms with Crippen LogP contribution in [0.15, 0.2) is 12.1 Å². The van der Waals surface area contributed by atoms with Gasteiger partial charge in [0.05, 0.1) is 5.52 Å². The summed E-state index contributed by atoms with van der Waals surface area (Å²) in [6, 6.07) is 2.53. The summed E-state index contributed by atoms with van der Waals surface area (Å²) in [6.07, 6.45) is 1.93. The maximum absolute atomic E-state index is 13.8. The predicted octanol–water partition coefficient (Wildman–Crippen LogP) is 3.33. The molecule has 5 heteroatoms. The minimum absolute atomic E-state index is 0.166. The van der Waals surface area contributed by atoms with Gasteiger partial charge in [-0.2, -0.15) is 0 Å². The Kier molecular flexibility index (Phi) is 3.50. The Morgan fingerprint density at radius 1 is 1.28 bits per heavy atom. The number of benzene rings is 1. The number of rotatable bonds is 4. The first-order valence-electron chi connectivity index (χ1n) is 6.18. The molecule has 0 atom stereocenters. The summed E-state index contributed by atoms with van der Waals surface area (Å²) in [5.41, 5.74) is 6.36. The van der Waals surface area contributed by atoms with Crippen LogP contribution >= 0.6 is 0 Å². The van der Waals surface area contributed by atoms with E-state index in [1.54, 1.807) is 4.57 Å². The van der Waals surface area contributed by atoms with Crippen molar-refractivity contribution in [2.75, 3.05) is 5.73 Å². The van der Waals surface area contributed by atoms with Crippen LogP contribution in [-0.4, -0.2) is 9.55 Å². The monoisotopic (exact) mass is 253 g/mol. The SMILES string of the molecule is CCC(CC)Cn1c(N)nc2ccc(F)c(F)c21. The highest BCUT2D eigenvalue weighted by molar-refractivity contribution is 5.79. The number of nitrogen functional groups attached to an aromatic ring is 1. The van der Waals surface area contributed by atoms with E-state index < -0.39 is 11.6 Å². The van der Waals surface area contributed by atoms with Gasteiger partial charge in [0.2, 0.25) is 5.95 Å². The molecule has 2 rings (SSSR count). The van der Waals surface area contributed by atoms with Crippen molar-refractivity contribution < 1.29 is 8.78 Å². The Bertz CT molecular complexity index is 559. The molecule has 0 radical (unpaired) electrons. The molecule has 1 aromatic carbocycles. The van der Waals surface area contributed by atoms with Gasteiger partial charge in [0.25, 0.3) is 0 Å². The Labute approximate surface area is 105 Å². The standard InChI is InChI=1S/C13H17F2N3/c1-3-8(4-2)7-18-12-10(17-13(18)16)6-5-9(14)11(12)15/h5-6,8H,3-4,7H2,1-2H3,(H2,16,17). The lowest BCUT2D eigenvalue weighted by atomic mass is 10.0. The van der Waals surface area contributed by atoms with Crippen LogP contribution < -0.4 is 5.73 Å². The molecule has 0 aliphatic heterocycles. The van der Waals surface area contributed by atoms with Gasteiger partial charge in [0.1, 0.15) is 5.52 Å². The Balaban J connectivity index is 2.55. The Morgan fingerprint density at radius 3 is 2.56 bits per heavy atom. The summed E-state index contributed by atoms with van der Waals surface area (Å²) >= 11 is 0.